The fourth-order valence-electron chi connectivity index (χ4n) is 6.20. The van der Waals surface area contributed by atoms with Crippen LogP contribution in [0.4, 0.5) is 0 Å². The van der Waals surface area contributed by atoms with Gasteiger partial charge in [-0.15, -0.1) is 0 Å². The number of hydrogen-bond donors (Lipinski definition) is 16. The van der Waals surface area contributed by atoms with Crippen LogP contribution in [-0.4, -0.2) is 171 Å². The van der Waals surface area contributed by atoms with Crippen LogP contribution in [0.1, 0.15) is 103 Å². The molecule has 0 aliphatic heterocycles. The molecular weight excluding hydrogens is 938 g/mol. The first-order chi connectivity index (χ1) is 32.9. The zero-order valence-electron chi connectivity index (χ0n) is 38.7. The van der Waals surface area contributed by atoms with Crippen LogP contribution in [-0.2, 0) is 67.2 Å². The van der Waals surface area contributed by atoms with Gasteiger partial charge in [-0.1, -0.05) is 12.8 Å². The lowest BCUT2D eigenvalue weighted by Gasteiger charge is -2.26. The van der Waals surface area contributed by atoms with Crippen molar-refractivity contribution in [3.63, 3.8) is 0 Å². The molecule has 0 aromatic heterocycles. The smallest absolute Gasteiger partial charge is 0.326 e. The van der Waals surface area contributed by atoms with E-state index in [2.05, 4.69) is 36.7 Å². The van der Waals surface area contributed by atoms with Crippen molar-refractivity contribution in [2.45, 2.75) is 146 Å². The van der Waals surface area contributed by atoms with E-state index in [0.717, 1.165) is 6.92 Å². The molecule has 8 amide bonds. The lowest BCUT2D eigenvalue weighted by Crippen LogP contribution is -2.60. The van der Waals surface area contributed by atoms with Gasteiger partial charge in [0.25, 0.3) is 0 Å². The number of unbranched alkanes of at least 4 members (excludes halogenated alkanes) is 5. The highest BCUT2D eigenvalue weighted by Crippen LogP contribution is 2.08. The lowest BCUT2D eigenvalue weighted by molar-refractivity contribution is -0.145. The Morgan fingerprint density at radius 1 is 0.429 bits per heavy atom. The Kier molecular flexibility index (Phi) is 31.6. The van der Waals surface area contributed by atoms with Crippen molar-refractivity contribution >= 4 is 77.1 Å². The van der Waals surface area contributed by atoms with Gasteiger partial charge in [0.05, 0.1) is 25.7 Å². The molecule has 0 aliphatic rings. The summed E-state index contributed by atoms with van der Waals surface area (Å²) in [6.07, 6.45) is -1.73. The summed E-state index contributed by atoms with van der Waals surface area (Å²) >= 11 is 0. The van der Waals surface area contributed by atoms with Gasteiger partial charge in [0.2, 0.25) is 47.3 Å². The average molecular weight is 1010 g/mol. The molecule has 0 aromatic rings. The van der Waals surface area contributed by atoms with Gasteiger partial charge in [-0.2, -0.15) is 0 Å². The molecule has 19 N–H and O–H groups in total. The summed E-state index contributed by atoms with van der Waals surface area (Å²) in [5.41, 5.74) is 11.0. The van der Waals surface area contributed by atoms with E-state index < -0.39 is 145 Å². The van der Waals surface area contributed by atoms with Crippen molar-refractivity contribution in [2.24, 2.45) is 17.4 Å². The van der Waals surface area contributed by atoms with Crippen LogP contribution in [0.2, 0.25) is 0 Å². The van der Waals surface area contributed by atoms with Crippen LogP contribution in [0, 0.1) is 0 Å². The quantitative estimate of drug-likeness (QED) is 0.0202. The molecule has 0 saturated carbocycles. The highest BCUT2D eigenvalue weighted by atomic mass is 16.6. The molecule has 396 valence electrons. The van der Waals surface area contributed by atoms with Crippen molar-refractivity contribution < 1.29 is 92.7 Å². The highest BCUT2D eigenvalue weighted by molar-refractivity contribution is 5.99. The average Bonchev–Trinajstić information content (AvgIpc) is 3.26. The summed E-state index contributed by atoms with van der Waals surface area (Å²) in [5.74, 6) is -11.9. The second kappa shape index (κ2) is 35.1. The van der Waals surface area contributed by atoms with Gasteiger partial charge < -0.3 is 79.5 Å². The Labute approximate surface area is 401 Å². The minimum atomic E-state index is -2.16. The van der Waals surface area contributed by atoms with Gasteiger partial charge in [0.1, 0.15) is 48.9 Å². The number of nitrogens with one attached hydrogen (secondary N) is 8. The fourth-order valence-corrected chi connectivity index (χ4v) is 6.20. The number of rotatable bonds is 39. The van der Waals surface area contributed by atoms with Crippen molar-refractivity contribution in [3.05, 3.63) is 0 Å². The lowest BCUT2D eigenvalue weighted by atomic mass is 10.1. The molecule has 70 heavy (non-hydrogen) atoms. The summed E-state index contributed by atoms with van der Waals surface area (Å²) in [6.45, 7) is 1.51. The molecule has 0 saturated heterocycles. The van der Waals surface area contributed by atoms with Gasteiger partial charge >= 0.3 is 29.8 Å². The zero-order chi connectivity index (χ0) is 53.3. The third-order valence-electron chi connectivity index (χ3n) is 9.83. The van der Waals surface area contributed by atoms with E-state index in [4.69, 9.17) is 17.4 Å². The third-order valence-corrected chi connectivity index (χ3v) is 9.83. The molecule has 0 radical (unpaired) electrons. The first-order valence-corrected chi connectivity index (χ1v) is 22.2. The zero-order valence-corrected chi connectivity index (χ0v) is 38.7. The van der Waals surface area contributed by atoms with E-state index in [1.54, 1.807) is 0 Å². The van der Waals surface area contributed by atoms with Crippen molar-refractivity contribution in [2.75, 3.05) is 26.2 Å². The number of carbonyl (C=O) groups is 13. The Balaban J connectivity index is 6.08. The number of amides is 8. The largest absolute Gasteiger partial charge is 0.481 e. The standard InChI is InChI=1S/C40H67N11O19/c1-21(45-36(64)24(16-30(54)55)46-28(52)12-4-2-3-9-15-44-29(53)20-70-43)34(62)47-22(10-5-7-13-41)35(63)49-26(18-32(58)59)38(66)51-27(19-33(60)61)39(67)50-25(17-31(56)57)37(65)48-23(40(68)69)11-6-8-14-42/h21-27H,2-20,41-43H2,1H3,(H,44,53)(H,45,64)(H,46,52)(H,47,62)(H,48,65)(H,49,63)(H,50,67)(H,51,66)(H,54,55)(H,56,57)(H,58,59)(H,60,61)(H,68,69)/t21-,22-,23-,24-,25-,26-,27-/m0/s1. The molecule has 0 unspecified atom stereocenters. The summed E-state index contributed by atoms with van der Waals surface area (Å²) in [6, 6.07) is -12.5. The minimum absolute atomic E-state index is 0.0975. The molecule has 0 rings (SSSR count). The van der Waals surface area contributed by atoms with Gasteiger partial charge in [-0.3, -0.25) is 62.4 Å². The molecule has 30 heteroatoms. The number of carboxylic acids is 5. The summed E-state index contributed by atoms with van der Waals surface area (Å²) in [5, 5.41) is 65.0. The maximum absolute atomic E-state index is 13.6. The second-order valence-electron chi connectivity index (χ2n) is 15.8. The molecule has 0 fully saturated rings. The van der Waals surface area contributed by atoms with Crippen molar-refractivity contribution in [1.29, 1.82) is 0 Å². The molecule has 0 bridgehead atoms. The monoisotopic (exact) mass is 1010 g/mol. The first-order valence-electron chi connectivity index (χ1n) is 22.2. The van der Waals surface area contributed by atoms with Crippen LogP contribution >= 0.6 is 0 Å². The van der Waals surface area contributed by atoms with Gasteiger partial charge in [0.15, 0.2) is 0 Å². The van der Waals surface area contributed by atoms with E-state index in [0.29, 0.717) is 45.1 Å². The minimum Gasteiger partial charge on any atom is -0.481 e. The van der Waals surface area contributed by atoms with Gasteiger partial charge in [-0.05, 0) is 71.4 Å². The number of carbonyl (C=O) groups excluding carboxylic acids is 8. The van der Waals surface area contributed by atoms with E-state index in [1.165, 1.54) is 0 Å². The number of hydrogen-bond acceptors (Lipinski definition) is 17. The number of carboxylic acid groups (broad SMARTS) is 5. The molecule has 30 nitrogen and oxygen atoms in total. The Hall–Kier alpha value is -7.05. The Morgan fingerprint density at radius 2 is 0.800 bits per heavy atom. The van der Waals surface area contributed by atoms with E-state index in [9.17, 15) is 87.9 Å². The predicted molar refractivity (Wildman–Crippen MR) is 238 cm³/mol. The first kappa shape index (κ1) is 63.0. The molecule has 7 atom stereocenters. The van der Waals surface area contributed by atoms with E-state index in [-0.39, 0.29) is 51.8 Å². The number of nitrogens with two attached hydrogens (primary N) is 3. The van der Waals surface area contributed by atoms with Crippen LogP contribution < -0.4 is 59.9 Å². The van der Waals surface area contributed by atoms with Crippen LogP contribution in [0.5, 0.6) is 0 Å². The predicted octanol–water partition coefficient (Wildman–Crippen LogP) is -5.40. The highest BCUT2D eigenvalue weighted by Gasteiger charge is 2.35. The third kappa shape index (κ3) is 28.3. The van der Waals surface area contributed by atoms with Crippen molar-refractivity contribution in [1.82, 2.24) is 42.5 Å². The van der Waals surface area contributed by atoms with E-state index >= 15 is 0 Å². The van der Waals surface area contributed by atoms with Crippen LogP contribution in [0.3, 0.4) is 0 Å². The van der Waals surface area contributed by atoms with Crippen LogP contribution in [0.25, 0.3) is 0 Å². The fraction of sp³-hybridized carbons (Fsp3) is 0.675. The summed E-state index contributed by atoms with van der Waals surface area (Å²) in [4.78, 5) is 167. The van der Waals surface area contributed by atoms with Crippen LogP contribution in [0.15, 0.2) is 0 Å². The maximum Gasteiger partial charge on any atom is 0.326 e. The molecular formula is C40H67N11O19. The summed E-state index contributed by atoms with van der Waals surface area (Å²) in [7, 11) is 0. The Morgan fingerprint density at radius 3 is 1.21 bits per heavy atom. The molecule has 0 aromatic carbocycles. The van der Waals surface area contributed by atoms with Gasteiger partial charge in [-0.25, -0.2) is 10.7 Å². The van der Waals surface area contributed by atoms with Gasteiger partial charge in [0, 0.05) is 13.0 Å². The summed E-state index contributed by atoms with van der Waals surface area (Å²) < 4.78 is 0. The second-order valence-corrected chi connectivity index (χ2v) is 15.8. The molecule has 0 heterocycles. The normalized spacial score (nSPS) is 13.8. The maximum atomic E-state index is 13.6. The SMILES string of the molecule is C[C@H](NC(=O)[C@H](CC(=O)O)NC(=O)CCCCCCNC(=O)CON)C(=O)N[C@@H](CCCCN)C(=O)N[C@@H](CC(=O)O)C(=O)N[C@@H](CC(=O)O)C(=O)N[C@@H](CC(=O)O)C(=O)N[C@@H](CCCCN)C(=O)O. The molecule has 0 aliphatic carbocycles. The Bertz CT molecular complexity index is 1820. The van der Waals surface area contributed by atoms with Crippen molar-refractivity contribution in [3.8, 4) is 0 Å². The topological polar surface area (TPSA) is 507 Å². The van der Waals surface area contributed by atoms with E-state index in [1.807, 2.05) is 10.6 Å². The molecule has 0 spiro atoms. The number of aliphatic carboxylic acids is 5.